The molecule has 0 saturated carbocycles. The maximum Gasteiger partial charge on any atom is 0.276 e. The second-order valence-electron chi connectivity index (χ2n) is 6.20. The van der Waals surface area contributed by atoms with E-state index in [1.807, 2.05) is 6.92 Å². The summed E-state index contributed by atoms with van der Waals surface area (Å²) in [5, 5.41) is -0.0410. The maximum absolute atomic E-state index is 11.8. The van der Waals surface area contributed by atoms with Gasteiger partial charge in [0.2, 0.25) is 11.0 Å². The standard InChI is InChI=1S/C17H28N2O4S/c1-4-5-6-7-8-9-10-17(3)14(11-16(22)24-17)23-12-15(21)19-18-13(2)20/h11H,4-10,12H2,1-3H3,(H,18,20)(H,19,21)/t17-/m1/s1. The van der Waals surface area contributed by atoms with Crippen molar-refractivity contribution in [1.82, 2.24) is 10.9 Å². The van der Waals surface area contributed by atoms with Crippen LogP contribution in [0.4, 0.5) is 0 Å². The molecule has 1 aliphatic rings. The van der Waals surface area contributed by atoms with Crippen LogP contribution in [0.1, 0.15) is 65.7 Å². The first-order chi connectivity index (χ1) is 11.4. The van der Waals surface area contributed by atoms with E-state index in [0.717, 1.165) is 19.3 Å². The Labute approximate surface area is 148 Å². The van der Waals surface area contributed by atoms with Crippen molar-refractivity contribution in [2.75, 3.05) is 6.61 Å². The second kappa shape index (κ2) is 10.4. The van der Waals surface area contributed by atoms with E-state index < -0.39 is 10.7 Å². The molecule has 0 unspecified atom stereocenters. The molecule has 0 aromatic rings. The Morgan fingerprint density at radius 3 is 2.50 bits per heavy atom. The van der Waals surface area contributed by atoms with Gasteiger partial charge in [0, 0.05) is 13.0 Å². The number of hydrogen-bond acceptors (Lipinski definition) is 5. The van der Waals surface area contributed by atoms with Gasteiger partial charge >= 0.3 is 0 Å². The second-order valence-corrected chi connectivity index (χ2v) is 7.70. The van der Waals surface area contributed by atoms with Crippen LogP contribution >= 0.6 is 11.8 Å². The van der Waals surface area contributed by atoms with Crippen LogP contribution < -0.4 is 10.9 Å². The smallest absolute Gasteiger partial charge is 0.276 e. The molecule has 24 heavy (non-hydrogen) atoms. The highest BCUT2D eigenvalue weighted by atomic mass is 32.2. The molecule has 1 heterocycles. The Morgan fingerprint density at radius 1 is 1.17 bits per heavy atom. The van der Waals surface area contributed by atoms with Crippen molar-refractivity contribution in [1.29, 1.82) is 0 Å². The number of nitrogens with one attached hydrogen (secondary N) is 2. The Bertz CT molecular complexity index is 493. The zero-order valence-electron chi connectivity index (χ0n) is 14.8. The Morgan fingerprint density at radius 2 is 1.83 bits per heavy atom. The lowest BCUT2D eigenvalue weighted by Gasteiger charge is -2.25. The first-order valence-electron chi connectivity index (χ1n) is 8.50. The van der Waals surface area contributed by atoms with Crippen LogP contribution in [0, 0.1) is 0 Å². The molecule has 136 valence electrons. The highest BCUT2D eigenvalue weighted by Crippen LogP contribution is 2.43. The molecule has 0 aromatic carbocycles. The lowest BCUT2D eigenvalue weighted by Crippen LogP contribution is -2.42. The summed E-state index contributed by atoms with van der Waals surface area (Å²) in [6.07, 6.45) is 9.43. The van der Waals surface area contributed by atoms with Crippen molar-refractivity contribution >= 4 is 28.7 Å². The highest BCUT2D eigenvalue weighted by molar-refractivity contribution is 8.15. The maximum atomic E-state index is 11.8. The highest BCUT2D eigenvalue weighted by Gasteiger charge is 2.39. The largest absolute Gasteiger partial charge is 0.486 e. The molecule has 1 aliphatic heterocycles. The third-order valence-electron chi connectivity index (χ3n) is 3.84. The number of amides is 2. The molecule has 0 spiro atoms. The summed E-state index contributed by atoms with van der Waals surface area (Å²) in [5.41, 5.74) is 4.43. The van der Waals surface area contributed by atoms with Crippen molar-refractivity contribution in [2.45, 2.75) is 70.5 Å². The van der Waals surface area contributed by atoms with Crippen LogP contribution in [0.3, 0.4) is 0 Å². The van der Waals surface area contributed by atoms with Gasteiger partial charge in [-0.15, -0.1) is 0 Å². The predicted octanol–water partition coefficient (Wildman–Crippen LogP) is 2.84. The first-order valence-corrected chi connectivity index (χ1v) is 9.32. The average molecular weight is 356 g/mol. The van der Waals surface area contributed by atoms with E-state index >= 15 is 0 Å². The molecular weight excluding hydrogens is 328 g/mol. The molecule has 7 heteroatoms. The lowest BCUT2D eigenvalue weighted by atomic mass is 9.99. The van der Waals surface area contributed by atoms with Crippen LogP contribution in [-0.2, 0) is 19.1 Å². The lowest BCUT2D eigenvalue weighted by molar-refractivity contribution is -0.130. The number of unbranched alkanes of at least 4 members (excludes halogenated alkanes) is 5. The molecule has 0 saturated heterocycles. The van der Waals surface area contributed by atoms with Gasteiger partial charge in [-0.1, -0.05) is 57.2 Å². The quantitative estimate of drug-likeness (QED) is 0.464. The fourth-order valence-electron chi connectivity index (χ4n) is 2.51. The van der Waals surface area contributed by atoms with E-state index in [1.165, 1.54) is 50.4 Å². The normalized spacial score (nSPS) is 19.8. The Balaban J connectivity index is 2.40. The zero-order chi connectivity index (χ0) is 18.0. The van der Waals surface area contributed by atoms with Crippen molar-refractivity contribution in [2.24, 2.45) is 0 Å². The van der Waals surface area contributed by atoms with E-state index in [0.29, 0.717) is 5.76 Å². The summed E-state index contributed by atoms with van der Waals surface area (Å²) >= 11 is 1.26. The van der Waals surface area contributed by atoms with Gasteiger partial charge in [0.15, 0.2) is 6.61 Å². The van der Waals surface area contributed by atoms with E-state index in [-0.39, 0.29) is 17.6 Å². The van der Waals surface area contributed by atoms with Gasteiger partial charge in [0.25, 0.3) is 5.91 Å². The summed E-state index contributed by atoms with van der Waals surface area (Å²) in [5.74, 6) is -0.275. The van der Waals surface area contributed by atoms with Gasteiger partial charge in [-0.2, -0.15) is 0 Å². The number of carbonyl (C=O) groups is 3. The van der Waals surface area contributed by atoms with Gasteiger partial charge < -0.3 is 4.74 Å². The van der Waals surface area contributed by atoms with Crippen LogP contribution in [0.25, 0.3) is 0 Å². The fourth-order valence-corrected chi connectivity index (χ4v) is 3.58. The summed E-state index contributed by atoms with van der Waals surface area (Å²) in [7, 11) is 0. The van der Waals surface area contributed by atoms with Crippen molar-refractivity contribution in [3.8, 4) is 0 Å². The molecular formula is C17H28N2O4S. The van der Waals surface area contributed by atoms with Crippen LogP contribution in [0.5, 0.6) is 0 Å². The van der Waals surface area contributed by atoms with Crippen LogP contribution in [-0.4, -0.2) is 28.3 Å². The van der Waals surface area contributed by atoms with Gasteiger partial charge in [0.1, 0.15) is 5.76 Å². The average Bonchev–Trinajstić information content (AvgIpc) is 2.80. The van der Waals surface area contributed by atoms with Gasteiger partial charge in [-0.05, 0) is 13.3 Å². The van der Waals surface area contributed by atoms with E-state index in [9.17, 15) is 14.4 Å². The minimum atomic E-state index is -0.461. The summed E-state index contributed by atoms with van der Waals surface area (Å²) < 4.78 is 5.13. The Hall–Kier alpha value is -1.50. The number of rotatable bonds is 10. The minimum absolute atomic E-state index is 0.0410. The molecule has 0 aliphatic carbocycles. The molecule has 0 aromatic heterocycles. The molecule has 0 bridgehead atoms. The topological polar surface area (TPSA) is 84.5 Å². The van der Waals surface area contributed by atoms with Crippen LogP contribution in [0.2, 0.25) is 0 Å². The van der Waals surface area contributed by atoms with Gasteiger partial charge in [-0.3, -0.25) is 25.2 Å². The third-order valence-corrected chi connectivity index (χ3v) is 5.01. The van der Waals surface area contributed by atoms with Crippen LogP contribution in [0.15, 0.2) is 11.8 Å². The molecule has 1 rings (SSSR count). The van der Waals surface area contributed by atoms with Gasteiger partial charge in [-0.25, -0.2) is 0 Å². The van der Waals surface area contributed by atoms with E-state index in [1.54, 1.807) is 0 Å². The van der Waals surface area contributed by atoms with Crippen molar-refractivity contribution < 1.29 is 19.1 Å². The molecule has 2 amide bonds. The molecule has 1 atom stereocenters. The third kappa shape index (κ3) is 7.38. The molecule has 0 radical (unpaired) electrons. The minimum Gasteiger partial charge on any atom is -0.486 e. The predicted molar refractivity (Wildman–Crippen MR) is 95.0 cm³/mol. The number of carbonyl (C=O) groups excluding carboxylic acids is 3. The SMILES string of the molecule is CCCCCCCC[C@@]1(C)SC(=O)C=C1OCC(=O)NNC(C)=O. The van der Waals surface area contributed by atoms with Crippen molar-refractivity contribution in [3.05, 3.63) is 11.8 Å². The Kier molecular flexibility index (Phi) is 8.89. The zero-order valence-corrected chi connectivity index (χ0v) is 15.6. The summed E-state index contributed by atoms with van der Waals surface area (Å²) in [4.78, 5) is 34.1. The molecule has 2 N–H and O–H groups in total. The monoisotopic (exact) mass is 356 g/mol. The molecule has 0 fully saturated rings. The summed E-state index contributed by atoms with van der Waals surface area (Å²) in [6, 6.07) is 0. The number of thioether (sulfide) groups is 1. The van der Waals surface area contributed by atoms with Gasteiger partial charge in [0.05, 0.1) is 4.75 Å². The molecule has 6 nitrogen and oxygen atoms in total. The number of hydrazine groups is 1. The van der Waals surface area contributed by atoms with E-state index in [2.05, 4.69) is 17.8 Å². The fraction of sp³-hybridized carbons (Fsp3) is 0.706. The number of hydrogen-bond donors (Lipinski definition) is 2. The summed E-state index contributed by atoms with van der Waals surface area (Å²) in [6.45, 7) is 5.24. The first kappa shape index (κ1) is 20.5. The van der Waals surface area contributed by atoms with E-state index in [4.69, 9.17) is 4.74 Å². The number of ether oxygens (including phenoxy) is 1. The van der Waals surface area contributed by atoms with Crippen molar-refractivity contribution in [3.63, 3.8) is 0 Å².